The van der Waals surface area contributed by atoms with Gasteiger partial charge in [0.15, 0.2) is 0 Å². The highest BCUT2D eigenvalue weighted by molar-refractivity contribution is 5.22. The van der Waals surface area contributed by atoms with Gasteiger partial charge < -0.3 is 9.88 Å². The molecule has 4 heteroatoms. The van der Waals surface area contributed by atoms with Gasteiger partial charge in [-0.25, -0.2) is 4.98 Å². The molecule has 0 saturated heterocycles. The molecule has 0 spiro atoms. The Morgan fingerprint density at radius 2 is 2.06 bits per heavy atom. The van der Waals surface area contributed by atoms with Crippen molar-refractivity contribution in [2.75, 3.05) is 13.6 Å². The van der Waals surface area contributed by atoms with Crippen LogP contribution in [0.4, 0.5) is 0 Å². The van der Waals surface area contributed by atoms with Crippen molar-refractivity contribution in [3.05, 3.63) is 27.4 Å². The lowest BCUT2D eigenvalue weighted by Crippen LogP contribution is -2.35. The van der Waals surface area contributed by atoms with Crippen molar-refractivity contribution < 1.29 is 0 Å². The Morgan fingerprint density at radius 3 is 2.69 bits per heavy atom. The van der Waals surface area contributed by atoms with E-state index in [1.807, 2.05) is 0 Å². The summed E-state index contributed by atoms with van der Waals surface area (Å²) in [5.74, 6) is 0.784. The normalized spacial score (nSPS) is 17.2. The molecule has 1 N–H and O–H groups in total. The maximum absolute atomic E-state index is 11.9. The van der Waals surface area contributed by atoms with Gasteiger partial charge in [-0.2, -0.15) is 0 Å². The fraction of sp³-hybridized carbons (Fsp3) is 0.667. The SMILES string of the molecule is CN1CCc2c(nc(C(C)(C)C)[nH]c2=O)C1. The molecule has 0 fully saturated rings. The Kier molecular flexibility index (Phi) is 2.62. The number of H-pyrrole nitrogens is 1. The van der Waals surface area contributed by atoms with E-state index in [1.165, 1.54) is 0 Å². The lowest BCUT2D eigenvalue weighted by atomic mass is 9.95. The van der Waals surface area contributed by atoms with Crippen molar-refractivity contribution in [2.24, 2.45) is 0 Å². The van der Waals surface area contributed by atoms with E-state index >= 15 is 0 Å². The molecule has 0 saturated carbocycles. The van der Waals surface area contributed by atoms with Crippen LogP contribution >= 0.6 is 0 Å². The van der Waals surface area contributed by atoms with Crippen LogP contribution in [0.2, 0.25) is 0 Å². The van der Waals surface area contributed by atoms with Crippen molar-refractivity contribution in [2.45, 2.75) is 39.2 Å². The number of likely N-dealkylation sites (N-methyl/N-ethyl adjacent to an activating group) is 1. The molecule has 1 aliphatic rings. The molecule has 0 aliphatic carbocycles. The molecule has 4 nitrogen and oxygen atoms in total. The smallest absolute Gasteiger partial charge is 0.254 e. The number of hydrogen-bond donors (Lipinski definition) is 1. The summed E-state index contributed by atoms with van der Waals surface area (Å²) >= 11 is 0. The molecule has 1 aliphatic heterocycles. The third-order valence-electron chi connectivity index (χ3n) is 2.97. The molecule has 1 aromatic rings. The second-order valence-corrected chi connectivity index (χ2v) is 5.58. The molecular formula is C12H19N3O. The Labute approximate surface area is 95.7 Å². The van der Waals surface area contributed by atoms with E-state index in [-0.39, 0.29) is 11.0 Å². The van der Waals surface area contributed by atoms with Gasteiger partial charge in [0.1, 0.15) is 5.82 Å². The van der Waals surface area contributed by atoms with Crippen molar-refractivity contribution in [1.82, 2.24) is 14.9 Å². The van der Waals surface area contributed by atoms with E-state index in [0.29, 0.717) is 0 Å². The Balaban J connectivity index is 2.52. The summed E-state index contributed by atoms with van der Waals surface area (Å²) in [4.78, 5) is 21.6. The molecule has 0 aromatic carbocycles. The van der Waals surface area contributed by atoms with Crippen LogP contribution in [-0.2, 0) is 18.4 Å². The van der Waals surface area contributed by atoms with Crippen molar-refractivity contribution in [3.63, 3.8) is 0 Å². The summed E-state index contributed by atoms with van der Waals surface area (Å²) < 4.78 is 0. The summed E-state index contributed by atoms with van der Waals surface area (Å²) in [6.45, 7) is 7.90. The lowest BCUT2D eigenvalue weighted by Gasteiger charge is -2.25. The summed E-state index contributed by atoms with van der Waals surface area (Å²) in [6.07, 6.45) is 0.804. The van der Waals surface area contributed by atoms with Gasteiger partial charge in [0.2, 0.25) is 0 Å². The van der Waals surface area contributed by atoms with Gasteiger partial charge in [-0.1, -0.05) is 20.8 Å². The van der Waals surface area contributed by atoms with Gasteiger partial charge in [0.25, 0.3) is 5.56 Å². The largest absolute Gasteiger partial charge is 0.310 e. The van der Waals surface area contributed by atoms with E-state index in [9.17, 15) is 4.79 Å². The zero-order valence-electron chi connectivity index (χ0n) is 10.4. The minimum atomic E-state index is -0.107. The second-order valence-electron chi connectivity index (χ2n) is 5.58. The topological polar surface area (TPSA) is 49.0 Å². The molecule has 0 amide bonds. The van der Waals surface area contributed by atoms with Crippen LogP contribution in [0.3, 0.4) is 0 Å². The first-order valence-electron chi connectivity index (χ1n) is 5.69. The van der Waals surface area contributed by atoms with Crippen LogP contribution in [-0.4, -0.2) is 28.5 Å². The summed E-state index contributed by atoms with van der Waals surface area (Å²) in [6, 6.07) is 0. The number of nitrogens with one attached hydrogen (secondary N) is 1. The molecule has 0 radical (unpaired) electrons. The molecular weight excluding hydrogens is 202 g/mol. The third-order valence-corrected chi connectivity index (χ3v) is 2.97. The first-order valence-corrected chi connectivity index (χ1v) is 5.69. The van der Waals surface area contributed by atoms with Crippen LogP contribution in [0.25, 0.3) is 0 Å². The molecule has 2 rings (SSSR count). The Bertz CT molecular complexity index is 456. The minimum absolute atomic E-state index is 0.0445. The first kappa shape index (κ1) is 11.3. The third kappa shape index (κ3) is 2.02. The minimum Gasteiger partial charge on any atom is -0.310 e. The van der Waals surface area contributed by atoms with E-state index < -0.39 is 0 Å². The number of nitrogens with zero attached hydrogens (tertiary/aromatic N) is 2. The van der Waals surface area contributed by atoms with E-state index in [0.717, 1.165) is 36.6 Å². The molecule has 16 heavy (non-hydrogen) atoms. The Hall–Kier alpha value is -1.16. The van der Waals surface area contributed by atoms with E-state index in [4.69, 9.17) is 0 Å². The second kappa shape index (κ2) is 3.70. The quantitative estimate of drug-likeness (QED) is 0.712. The molecule has 88 valence electrons. The fourth-order valence-electron chi connectivity index (χ4n) is 1.93. The molecule has 2 heterocycles. The van der Waals surface area contributed by atoms with Crippen LogP contribution in [0.1, 0.15) is 37.9 Å². The predicted octanol–water partition coefficient (Wildman–Crippen LogP) is 1.06. The number of fused-ring (bicyclic) bond motifs is 1. The molecule has 0 bridgehead atoms. The van der Waals surface area contributed by atoms with E-state index in [2.05, 4.69) is 42.7 Å². The summed E-state index contributed by atoms with van der Waals surface area (Å²) in [7, 11) is 2.06. The number of aromatic amines is 1. The van der Waals surface area contributed by atoms with E-state index in [1.54, 1.807) is 0 Å². The average molecular weight is 221 g/mol. The Morgan fingerprint density at radius 1 is 1.38 bits per heavy atom. The van der Waals surface area contributed by atoms with Gasteiger partial charge in [0, 0.05) is 24.1 Å². The zero-order valence-corrected chi connectivity index (χ0v) is 10.4. The number of aromatic nitrogens is 2. The monoisotopic (exact) mass is 221 g/mol. The van der Waals surface area contributed by atoms with Gasteiger partial charge in [-0.05, 0) is 13.5 Å². The van der Waals surface area contributed by atoms with Crippen LogP contribution in [0.15, 0.2) is 4.79 Å². The van der Waals surface area contributed by atoms with Crippen molar-refractivity contribution in [1.29, 1.82) is 0 Å². The number of hydrogen-bond acceptors (Lipinski definition) is 3. The molecule has 0 atom stereocenters. The van der Waals surface area contributed by atoms with Crippen molar-refractivity contribution >= 4 is 0 Å². The van der Waals surface area contributed by atoms with Crippen LogP contribution < -0.4 is 5.56 Å². The fourth-order valence-corrected chi connectivity index (χ4v) is 1.93. The molecule has 0 unspecified atom stereocenters. The number of rotatable bonds is 0. The van der Waals surface area contributed by atoms with Gasteiger partial charge in [-0.3, -0.25) is 4.79 Å². The first-order chi connectivity index (χ1) is 7.38. The van der Waals surface area contributed by atoms with Crippen LogP contribution in [0, 0.1) is 0 Å². The summed E-state index contributed by atoms with van der Waals surface area (Å²) in [5, 5.41) is 0. The highest BCUT2D eigenvalue weighted by Crippen LogP contribution is 2.19. The standard InChI is InChI=1S/C12H19N3O/c1-12(2,3)11-13-9-7-15(4)6-5-8(9)10(16)14-11/h5-7H2,1-4H3,(H,13,14,16). The van der Waals surface area contributed by atoms with Gasteiger partial charge in [-0.15, -0.1) is 0 Å². The van der Waals surface area contributed by atoms with Gasteiger partial charge >= 0.3 is 0 Å². The highest BCUT2D eigenvalue weighted by atomic mass is 16.1. The average Bonchev–Trinajstić information content (AvgIpc) is 2.15. The van der Waals surface area contributed by atoms with Crippen molar-refractivity contribution in [3.8, 4) is 0 Å². The predicted molar refractivity (Wildman–Crippen MR) is 63.6 cm³/mol. The molecule has 1 aromatic heterocycles. The van der Waals surface area contributed by atoms with Crippen LogP contribution in [0.5, 0.6) is 0 Å². The maximum atomic E-state index is 11.9. The highest BCUT2D eigenvalue weighted by Gasteiger charge is 2.23. The zero-order chi connectivity index (χ0) is 11.9. The van der Waals surface area contributed by atoms with Gasteiger partial charge in [0.05, 0.1) is 5.69 Å². The lowest BCUT2D eigenvalue weighted by molar-refractivity contribution is 0.304. The summed E-state index contributed by atoms with van der Waals surface area (Å²) in [5.41, 5.74) is 1.75. The maximum Gasteiger partial charge on any atom is 0.254 e.